The van der Waals surface area contributed by atoms with Crippen molar-refractivity contribution >= 4 is 44.6 Å². The van der Waals surface area contributed by atoms with Gasteiger partial charge < -0.3 is 11.1 Å². The fourth-order valence-corrected chi connectivity index (χ4v) is 2.12. The highest BCUT2D eigenvalue weighted by molar-refractivity contribution is 9.10. The summed E-state index contributed by atoms with van der Waals surface area (Å²) in [6.45, 7) is 0. The first kappa shape index (κ1) is 15.0. The number of anilines is 3. The van der Waals surface area contributed by atoms with Crippen LogP contribution in [-0.2, 0) is 6.18 Å². The molecule has 0 saturated carbocycles. The maximum absolute atomic E-state index is 12.5. The van der Waals surface area contributed by atoms with Gasteiger partial charge in [0.15, 0.2) is 0 Å². The number of halogens is 5. The Morgan fingerprint density at radius 2 is 1.75 bits per heavy atom. The lowest BCUT2D eigenvalue weighted by molar-refractivity contribution is -0.137. The minimum absolute atomic E-state index is 0.00383. The Morgan fingerprint density at radius 1 is 1.05 bits per heavy atom. The number of alkyl halides is 3. The van der Waals surface area contributed by atoms with Gasteiger partial charge in [-0.2, -0.15) is 13.2 Å². The van der Waals surface area contributed by atoms with Crippen molar-refractivity contribution in [3.05, 3.63) is 51.5 Å². The predicted octanol–water partition coefficient (Wildman–Crippen LogP) is 5.45. The third kappa shape index (κ3) is 3.37. The highest BCUT2D eigenvalue weighted by Crippen LogP contribution is 2.35. The first-order chi connectivity index (χ1) is 9.27. The van der Waals surface area contributed by atoms with Crippen molar-refractivity contribution in [3.63, 3.8) is 0 Å². The predicted molar refractivity (Wildman–Crippen MR) is 78.3 cm³/mol. The summed E-state index contributed by atoms with van der Waals surface area (Å²) in [6.07, 6.45) is -4.42. The summed E-state index contributed by atoms with van der Waals surface area (Å²) in [5, 5.41) is 3.34. The maximum atomic E-state index is 12.5. The number of nitrogen functional groups attached to an aromatic ring is 1. The maximum Gasteiger partial charge on any atom is 0.416 e. The Kier molecular flexibility index (Phi) is 4.15. The molecule has 0 radical (unpaired) electrons. The Morgan fingerprint density at radius 3 is 2.35 bits per heavy atom. The van der Waals surface area contributed by atoms with Gasteiger partial charge >= 0.3 is 6.18 Å². The normalized spacial score (nSPS) is 11.4. The average molecular weight is 366 g/mol. The third-order valence-electron chi connectivity index (χ3n) is 2.58. The molecule has 20 heavy (non-hydrogen) atoms. The Hall–Kier alpha value is -1.40. The smallest absolute Gasteiger partial charge is 0.397 e. The van der Waals surface area contributed by atoms with Crippen LogP contribution in [0.2, 0.25) is 5.02 Å². The molecule has 0 aromatic heterocycles. The standard InChI is InChI=1S/C13H9BrClF3N2/c14-8-2-3-9(15)12(6-8)20-11-4-1-7(5-10(11)19)13(16,17)18/h1-6,20H,19H2. The molecule has 0 amide bonds. The highest BCUT2D eigenvalue weighted by atomic mass is 79.9. The molecule has 0 aliphatic rings. The van der Waals surface area contributed by atoms with Crippen LogP contribution in [-0.4, -0.2) is 0 Å². The lowest BCUT2D eigenvalue weighted by Gasteiger charge is -2.13. The summed E-state index contributed by atoms with van der Waals surface area (Å²) < 4.78 is 38.4. The summed E-state index contributed by atoms with van der Waals surface area (Å²) in [5.74, 6) is 0. The number of nitrogens with two attached hydrogens (primary N) is 1. The van der Waals surface area contributed by atoms with E-state index in [0.717, 1.165) is 16.6 Å². The molecule has 2 rings (SSSR count). The van der Waals surface area contributed by atoms with Gasteiger partial charge in [0.05, 0.1) is 27.6 Å². The van der Waals surface area contributed by atoms with E-state index in [1.54, 1.807) is 18.2 Å². The molecule has 0 spiro atoms. The van der Waals surface area contributed by atoms with E-state index in [4.69, 9.17) is 17.3 Å². The van der Waals surface area contributed by atoms with Crippen LogP contribution < -0.4 is 11.1 Å². The molecule has 0 unspecified atom stereocenters. The monoisotopic (exact) mass is 364 g/mol. The molecule has 0 aliphatic carbocycles. The molecular weight excluding hydrogens is 357 g/mol. The van der Waals surface area contributed by atoms with Crippen molar-refractivity contribution in [3.8, 4) is 0 Å². The lowest BCUT2D eigenvalue weighted by atomic mass is 10.1. The molecule has 0 saturated heterocycles. The van der Waals surface area contributed by atoms with Gasteiger partial charge in [-0.25, -0.2) is 0 Å². The molecule has 2 aromatic carbocycles. The molecule has 0 atom stereocenters. The van der Waals surface area contributed by atoms with Crippen LogP contribution in [0.3, 0.4) is 0 Å². The van der Waals surface area contributed by atoms with Crippen LogP contribution in [0.5, 0.6) is 0 Å². The van der Waals surface area contributed by atoms with Crippen LogP contribution in [0.15, 0.2) is 40.9 Å². The Bertz CT molecular complexity index is 644. The zero-order chi connectivity index (χ0) is 14.9. The summed E-state index contributed by atoms with van der Waals surface area (Å²) >= 11 is 9.29. The first-order valence-corrected chi connectivity index (χ1v) is 6.63. The van der Waals surface area contributed by atoms with Crippen LogP contribution in [0.25, 0.3) is 0 Å². The van der Waals surface area contributed by atoms with Crippen molar-refractivity contribution in [2.75, 3.05) is 11.1 Å². The van der Waals surface area contributed by atoms with Gasteiger partial charge in [0.1, 0.15) is 0 Å². The van der Waals surface area contributed by atoms with Crippen LogP contribution >= 0.6 is 27.5 Å². The second kappa shape index (κ2) is 5.54. The second-order valence-corrected chi connectivity index (χ2v) is 5.37. The van der Waals surface area contributed by atoms with E-state index in [1.165, 1.54) is 6.07 Å². The van der Waals surface area contributed by atoms with E-state index < -0.39 is 11.7 Å². The number of rotatable bonds is 2. The SMILES string of the molecule is Nc1cc(C(F)(F)F)ccc1Nc1cc(Br)ccc1Cl. The van der Waals surface area contributed by atoms with Gasteiger partial charge in [-0.1, -0.05) is 27.5 Å². The molecule has 106 valence electrons. The number of hydrogen-bond donors (Lipinski definition) is 2. The second-order valence-electron chi connectivity index (χ2n) is 4.05. The fraction of sp³-hybridized carbons (Fsp3) is 0.0769. The van der Waals surface area contributed by atoms with Crippen molar-refractivity contribution in [1.82, 2.24) is 0 Å². The molecule has 3 N–H and O–H groups in total. The van der Waals surface area contributed by atoms with Crippen LogP contribution in [0, 0.1) is 0 Å². The largest absolute Gasteiger partial charge is 0.416 e. The van der Waals surface area contributed by atoms with Crippen LogP contribution in [0.4, 0.5) is 30.2 Å². The number of hydrogen-bond acceptors (Lipinski definition) is 2. The van der Waals surface area contributed by atoms with Crippen molar-refractivity contribution in [2.24, 2.45) is 0 Å². The topological polar surface area (TPSA) is 38.0 Å². The fourth-order valence-electron chi connectivity index (χ4n) is 1.59. The zero-order valence-corrected chi connectivity index (χ0v) is 12.3. The molecule has 7 heteroatoms. The Balaban J connectivity index is 2.33. The minimum atomic E-state index is -4.42. The average Bonchev–Trinajstić information content (AvgIpc) is 2.35. The van der Waals surface area contributed by atoms with Gasteiger partial charge in [-0.15, -0.1) is 0 Å². The minimum Gasteiger partial charge on any atom is -0.397 e. The quantitative estimate of drug-likeness (QED) is 0.695. The molecule has 0 heterocycles. The summed E-state index contributed by atoms with van der Waals surface area (Å²) in [4.78, 5) is 0. The van der Waals surface area contributed by atoms with E-state index in [2.05, 4.69) is 21.2 Å². The summed E-state index contributed by atoms with van der Waals surface area (Å²) in [6, 6.07) is 8.24. The Labute approximate surface area is 126 Å². The van der Waals surface area contributed by atoms with E-state index >= 15 is 0 Å². The van der Waals surface area contributed by atoms with E-state index in [0.29, 0.717) is 16.4 Å². The van der Waals surface area contributed by atoms with E-state index in [9.17, 15) is 13.2 Å². The molecule has 2 aromatic rings. The van der Waals surface area contributed by atoms with Crippen molar-refractivity contribution in [1.29, 1.82) is 0 Å². The molecule has 2 nitrogen and oxygen atoms in total. The van der Waals surface area contributed by atoms with Gasteiger partial charge in [0.2, 0.25) is 0 Å². The van der Waals surface area contributed by atoms with Crippen molar-refractivity contribution < 1.29 is 13.2 Å². The van der Waals surface area contributed by atoms with Gasteiger partial charge in [0.25, 0.3) is 0 Å². The van der Waals surface area contributed by atoms with Crippen molar-refractivity contribution in [2.45, 2.75) is 6.18 Å². The summed E-state index contributed by atoms with van der Waals surface area (Å²) in [5.41, 5.74) is 5.75. The van der Waals surface area contributed by atoms with Crippen LogP contribution in [0.1, 0.15) is 5.56 Å². The highest BCUT2D eigenvalue weighted by Gasteiger charge is 2.30. The first-order valence-electron chi connectivity index (χ1n) is 5.46. The molecule has 0 fully saturated rings. The van der Waals surface area contributed by atoms with E-state index in [-0.39, 0.29) is 5.69 Å². The van der Waals surface area contributed by atoms with Gasteiger partial charge in [-0.3, -0.25) is 0 Å². The molecule has 0 bridgehead atoms. The zero-order valence-electron chi connectivity index (χ0n) is 9.93. The van der Waals surface area contributed by atoms with Gasteiger partial charge in [-0.05, 0) is 36.4 Å². The third-order valence-corrected chi connectivity index (χ3v) is 3.40. The number of benzene rings is 2. The van der Waals surface area contributed by atoms with Gasteiger partial charge in [0, 0.05) is 4.47 Å². The molecule has 0 aliphatic heterocycles. The lowest BCUT2D eigenvalue weighted by Crippen LogP contribution is -2.06. The van der Waals surface area contributed by atoms with E-state index in [1.807, 2.05) is 0 Å². The molecular formula is C13H9BrClF3N2. The summed E-state index contributed by atoms with van der Waals surface area (Å²) in [7, 11) is 0. The number of nitrogens with one attached hydrogen (secondary N) is 1.